The number of nitrogens with one attached hydrogen (secondary N) is 1. The van der Waals surface area contributed by atoms with Crippen molar-refractivity contribution in [2.45, 2.75) is 85.6 Å². The molecule has 9 atom stereocenters. The average Bonchev–Trinajstić information content (AvgIpc) is 3.56. The predicted octanol–water partition coefficient (Wildman–Crippen LogP) is 3.95. The molecule has 3 heterocycles. The lowest BCUT2D eigenvalue weighted by atomic mass is 9.78. The molecule has 0 spiro atoms. The Balaban J connectivity index is 1.96. The number of ether oxygens (including phenoxy) is 8. The standard InChI is InChI=1S/C45H63N3O16/c1-24-13-12-14-25(2)44(54)46-32-21-31(47-61-22-58-19-17-55-9)34-35(40(32)53)39(52)29(6)42-36(34)43(48-62-23-59-20-18-56-10)45(8,64-42)60-16-15-33(57-11)26(3)41(63-30(7)49)28(5)38(51)27(4)37(24)50/h12-16,21,24,26-28,33,37-38,41,50-52H,17-20,22-23H2,1-11H3,(H,46,54)/b13-12+,16-15+,25-14-,47-31+,48-43-/t24-,26?,27+,28+,33-,37-,38+,41+,45-/m0/s1. The molecular weight excluding hydrogens is 838 g/mol. The van der Waals surface area contributed by atoms with Crippen molar-refractivity contribution in [1.82, 2.24) is 5.32 Å². The Labute approximate surface area is 373 Å². The quantitative estimate of drug-likeness (QED) is 0.0895. The van der Waals surface area contributed by atoms with Crippen molar-refractivity contribution in [3.05, 3.63) is 70.2 Å². The van der Waals surface area contributed by atoms with Crippen LogP contribution in [0.4, 0.5) is 0 Å². The number of carbonyl (C=O) groups excluding carboxylic acids is 3. The summed E-state index contributed by atoms with van der Waals surface area (Å²) in [6.45, 7) is 13.1. The number of oxime groups is 2. The van der Waals surface area contributed by atoms with E-state index in [0.29, 0.717) is 0 Å². The van der Waals surface area contributed by atoms with E-state index in [2.05, 4.69) is 15.6 Å². The molecule has 0 radical (unpaired) electrons. The van der Waals surface area contributed by atoms with Gasteiger partial charge in [-0.25, -0.2) is 0 Å². The number of Topliss-reactive ketones (excluding diaryl/α,β-unsaturated/α-hetero) is 1. The molecule has 3 aliphatic heterocycles. The molecule has 19 nitrogen and oxygen atoms in total. The van der Waals surface area contributed by atoms with Gasteiger partial charge in [-0.2, -0.15) is 0 Å². The Bertz CT molecular complexity index is 2010. The van der Waals surface area contributed by atoms with Gasteiger partial charge in [0.25, 0.3) is 11.7 Å². The van der Waals surface area contributed by atoms with Crippen LogP contribution < -0.4 is 10.1 Å². The van der Waals surface area contributed by atoms with Crippen molar-refractivity contribution >= 4 is 29.1 Å². The zero-order valence-electron chi connectivity index (χ0n) is 38.4. The number of aromatic hydroxyl groups is 1. The van der Waals surface area contributed by atoms with Crippen LogP contribution in [0, 0.1) is 30.6 Å². The van der Waals surface area contributed by atoms with E-state index in [1.165, 1.54) is 67.4 Å². The summed E-state index contributed by atoms with van der Waals surface area (Å²) in [5.41, 5.74) is -0.0749. The predicted molar refractivity (Wildman–Crippen MR) is 231 cm³/mol. The number of nitrogens with zero attached hydrogens (tertiary/aromatic N) is 2. The molecule has 1 unspecified atom stereocenters. The third-order valence-electron chi connectivity index (χ3n) is 11.3. The van der Waals surface area contributed by atoms with Crippen LogP contribution in [0.1, 0.15) is 75.5 Å². The monoisotopic (exact) mass is 901 g/mol. The van der Waals surface area contributed by atoms with Gasteiger partial charge in [-0.15, -0.1) is 0 Å². The van der Waals surface area contributed by atoms with Gasteiger partial charge in [-0.05, 0) is 26.0 Å². The summed E-state index contributed by atoms with van der Waals surface area (Å²) in [7, 11) is 4.50. The number of methoxy groups -OCH3 is 3. The first-order chi connectivity index (χ1) is 30.4. The number of aliphatic hydroxyl groups excluding tert-OH is 2. The normalized spacial score (nSPS) is 30.7. The van der Waals surface area contributed by atoms with Gasteiger partial charge in [0.15, 0.2) is 5.71 Å². The number of aliphatic hydroxyl groups is 2. The topological polar surface area (TPSA) is 241 Å². The number of carbonyl (C=O) groups is 3. The maximum absolute atomic E-state index is 14.4. The van der Waals surface area contributed by atoms with E-state index in [9.17, 15) is 29.7 Å². The van der Waals surface area contributed by atoms with Crippen LogP contribution in [-0.2, 0) is 52.4 Å². The lowest BCUT2D eigenvalue weighted by Gasteiger charge is -2.38. The van der Waals surface area contributed by atoms with E-state index in [0.717, 1.165) is 0 Å². The highest BCUT2D eigenvalue weighted by Gasteiger charge is 2.50. The average molecular weight is 902 g/mol. The van der Waals surface area contributed by atoms with E-state index < -0.39 is 77.3 Å². The first-order valence-corrected chi connectivity index (χ1v) is 20.9. The molecule has 5 rings (SSSR count). The summed E-state index contributed by atoms with van der Waals surface area (Å²) >= 11 is 0. The second-order valence-electron chi connectivity index (χ2n) is 15.9. The van der Waals surface area contributed by atoms with Crippen molar-refractivity contribution in [3.8, 4) is 11.5 Å². The SMILES string of the molecule is COCCOCO/N=C1/c2c3c(C)c(O)c4c2/C(=N/OCOCCOC)C=C(NC(=O)/C(C)=C\C=C\[C@H](C)[C@H](O)[C@@H](C)[C@@H](O)[C@@H](C)[C@H](OC(C)=O)C(C)[C@@H](OC)/C=C/O[C@@]1(C)O3)C4=O. The van der Waals surface area contributed by atoms with Gasteiger partial charge in [0.2, 0.25) is 19.4 Å². The molecule has 4 aliphatic rings. The number of hydrogen-bond acceptors (Lipinski definition) is 18. The third-order valence-corrected chi connectivity index (χ3v) is 11.3. The Morgan fingerprint density at radius 2 is 1.50 bits per heavy atom. The second-order valence-corrected chi connectivity index (χ2v) is 15.9. The summed E-state index contributed by atoms with van der Waals surface area (Å²) in [6, 6.07) is 0. The number of rotatable bonds is 14. The fourth-order valence-corrected chi connectivity index (χ4v) is 7.51. The summed E-state index contributed by atoms with van der Waals surface area (Å²) in [6.07, 6.45) is 5.04. The number of fused-ring (bicyclic) bond motifs is 14. The van der Waals surface area contributed by atoms with Gasteiger partial charge < -0.3 is 68.2 Å². The molecule has 1 aliphatic carbocycles. The van der Waals surface area contributed by atoms with Gasteiger partial charge in [0.05, 0.1) is 67.8 Å². The van der Waals surface area contributed by atoms with E-state index in [1.807, 2.05) is 0 Å². The number of amides is 1. The molecule has 0 saturated heterocycles. The Hall–Kier alpha value is -5.15. The Kier molecular flexibility index (Phi) is 19.1. The van der Waals surface area contributed by atoms with E-state index in [1.54, 1.807) is 45.9 Å². The zero-order valence-corrected chi connectivity index (χ0v) is 38.4. The molecule has 1 aromatic rings. The molecular formula is C45H63N3O16. The minimum Gasteiger partial charge on any atom is -0.507 e. The van der Waals surface area contributed by atoms with Crippen LogP contribution in [0.3, 0.4) is 0 Å². The molecule has 1 aromatic carbocycles. The van der Waals surface area contributed by atoms with Crippen molar-refractivity contribution in [2.75, 3.05) is 61.3 Å². The number of hydrogen-bond donors (Lipinski definition) is 4. The fraction of sp³-hybridized carbons (Fsp3) is 0.578. The molecule has 4 N–H and O–H groups in total. The van der Waals surface area contributed by atoms with Gasteiger partial charge in [0.1, 0.15) is 23.3 Å². The molecule has 0 aromatic heterocycles. The first-order valence-electron chi connectivity index (χ1n) is 20.9. The summed E-state index contributed by atoms with van der Waals surface area (Å²) < 4.78 is 45.5. The van der Waals surface area contributed by atoms with E-state index in [4.69, 9.17) is 47.6 Å². The molecule has 354 valence electrons. The Morgan fingerprint density at radius 1 is 0.859 bits per heavy atom. The molecule has 64 heavy (non-hydrogen) atoms. The number of phenols is 1. The number of allylic oxidation sites excluding steroid dienone is 4. The third kappa shape index (κ3) is 12.1. The number of benzene rings is 1. The summed E-state index contributed by atoms with van der Waals surface area (Å²) in [5, 5.41) is 46.1. The number of esters is 1. The Morgan fingerprint density at radius 3 is 2.11 bits per heavy atom. The number of ketones is 1. The molecule has 0 saturated carbocycles. The van der Waals surface area contributed by atoms with Crippen LogP contribution >= 0.6 is 0 Å². The first kappa shape index (κ1) is 51.5. The summed E-state index contributed by atoms with van der Waals surface area (Å²) in [5.74, 6) is -6.74. The van der Waals surface area contributed by atoms with E-state index >= 15 is 0 Å². The highest BCUT2D eigenvalue weighted by Crippen LogP contribution is 2.48. The maximum atomic E-state index is 14.4. The van der Waals surface area contributed by atoms with Crippen molar-refractivity contribution in [1.29, 1.82) is 0 Å². The van der Waals surface area contributed by atoms with Gasteiger partial charge >= 0.3 is 5.97 Å². The largest absolute Gasteiger partial charge is 0.507 e. The lowest BCUT2D eigenvalue weighted by molar-refractivity contribution is -0.160. The van der Waals surface area contributed by atoms with Crippen molar-refractivity contribution < 1.29 is 77.3 Å². The van der Waals surface area contributed by atoms with Crippen LogP contribution in [0.2, 0.25) is 0 Å². The minimum absolute atomic E-state index is 0.0158. The van der Waals surface area contributed by atoms with Gasteiger partial charge in [-0.1, -0.05) is 56.2 Å². The second kappa shape index (κ2) is 23.7. The van der Waals surface area contributed by atoms with Crippen LogP contribution in [0.25, 0.3) is 0 Å². The van der Waals surface area contributed by atoms with Crippen molar-refractivity contribution in [2.24, 2.45) is 34.0 Å². The zero-order chi connectivity index (χ0) is 47.3. The molecule has 1 amide bonds. The molecule has 5 bridgehead atoms. The van der Waals surface area contributed by atoms with Crippen molar-refractivity contribution in [3.63, 3.8) is 0 Å². The van der Waals surface area contributed by atoms with Crippen LogP contribution in [0.15, 0.2) is 58.2 Å². The van der Waals surface area contributed by atoms with Gasteiger partial charge in [-0.3, -0.25) is 14.4 Å². The molecule has 19 heteroatoms. The summed E-state index contributed by atoms with van der Waals surface area (Å²) in [4.78, 5) is 51.7. The molecule has 0 fully saturated rings. The minimum atomic E-state index is -1.83. The lowest BCUT2D eigenvalue weighted by Crippen LogP contribution is -2.46. The maximum Gasteiger partial charge on any atom is 0.302 e. The highest BCUT2D eigenvalue weighted by atomic mass is 16.8. The highest BCUT2D eigenvalue weighted by molar-refractivity contribution is 6.32. The van der Waals surface area contributed by atoms with Gasteiger partial charge in [0, 0.05) is 75.5 Å². The van der Waals surface area contributed by atoms with Crippen LogP contribution in [0.5, 0.6) is 11.5 Å². The number of phenolic OH excluding ortho intramolecular Hbond substituents is 1. The smallest absolute Gasteiger partial charge is 0.302 e. The van der Waals surface area contributed by atoms with E-state index in [-0.39, 0.29) is 90.7 Å². The fourth-order valence-electron chi connectivity index (χ4n) is 7.51. The van der Waals surface area contributed by atoms with Crippen LogP contribution in [-0.4, -0.2) is 136 Å².